The summed E-state index contributed by atoms with van der Waals surface area (Å²) in [5, 5.41) is 3.99. The van der Waals surface area contributed by atoms with Crippen molar-refractivity contribution in [2.75, 3.05) is 7.05 Å². The second-order valence-electron chi connectivity index (χ2n) is 13.9. The SMILES string of the molecule is CN1C(C)(C)CC(=O)CC1(C)C.O=C1CC2(CCCCC2)NC2(CCCCC2)C1.O=C1CCCCC1. The monoisotopic (exact) mass is 502 g/mol. The smallest absolute Gasteiger partial charge is 0.136 e. The van der Waals surface area contributed by atoms with E-state index in [0.717, 1.165) is 38.5 Å². The van der Waals surface area contributed by atoms with E-state index < -0.39 is 0 Å². The number of carbonyl (C=O) groups excluding carboxylic acids is 3. The molecular weight excluding hydrogens is 448 g/mol. The predicted octanol–water partition coefficient (Wildman–Crippen LogP) is 6.70. The average molecular weight is 503 g/mol. The Kier molecular flexibility index (Phi) is 9.99. The number of carbonyl (C=O) groups is 3. The lowest BCUT2D eigenvalue weighted by atomic mass is 9.67. The van der Waals surface area contributed by atoms with E-state index in [4.69, 9.17) is 0 Å². The van der Waals surface area contributed by atoms with Crippen LogP contribution in [-0.4, -0.2) is 51.5 Å². The lowest BCUT2D eigenvalue weighted by Crippen LogP contribution is -2.64. The largest absolute Gasteiger partial charge is 0.305 e. The fourth-order valence-electron chi connectivity index (χ4n) is 7.56. The van der Waals surface area contributed by atoms with Crippen molar-refractivity contribution in [3.63, 3.8) is 0 Å². The number of nitrogens with zero attached hydrogens (tertiary/aromatic N) is 1. The van der Waals surface area contributed by atoms with Crippen molar-refractivity contribution in [2.45, 2.75) is 172 Å². The van der Waals surface area contributed by atoms with Gasteiger partial charge in [0.05, 0.1) is 0 Å². The summed E-state index contributed by atoms with van der Waals surface area (Å²) >= 11 is 0. The van der Waals surface area contributed by atoms with Crippen LogP contribution in [0.5, 0.6) is 0 Å². The molecule has 3 aliphatic carbocycles. The summed E-state index contributed by atoms with van der Waals surface area (Å²) in [6.07, 6.45) is 21.2. The summed E-state index contributed by atoms with van der Waals surface area (Å²) in [6, 6.07) is 0. The van der Waals surface area contributed by atoms with Crippen LogP contribution < -0.4 is 5.32 Å². The first kappa shape index (κ1) is 29.5. The maximum atomic E-state index is 12.2. The summed E-state index contributed by atoms with van der Waals surface area (Å²) in [5.74, 6) is 1.39. The van der Waals surface area contributed by atoms with E-state index in [1.54, 1.807) is 0 Å². The number of nitrogens with one attached hydrogen (secondary N) is 1. The summed E-state index contributed by atoms with van der Waals surface area (Å²) < 4.78 is 0. The maximum absolute atomic E-state index is 12.2. The highest BCUT2D eigenvalue weighted by Gasteiger charge is 2.47. The van der Waals surface area contributed by atoms with Gasteiger partial charge < -0.3 is 5.32 Å². The minimum absolute atomic E-state index is 0.0266. The number of hydrogen-bond acceptors (Lipinski definition) is 5. The van der Waals surface area contributed by atoms with E-state index >= 15 is 0 Å². The van der Waals surface area contributed by atoms with Crippen molar-refractivity contribution < 1.29 is 14.4 Å². The van der Waals surface area contributed by atoms with Crippen molar-refractivity contribution >= 4 is 17.3 Å². The molecule has 1 N–H and O–H groups in total. The molecule has 5 heteroatoms. The third-order valence-corrected chi connectivity index (χ3v) is 9.71. The molecule has 0 aromatic heterocycles. The Bertz CT molecular complexity index is 717. The topological polar surface area (TPSA) is 66.5 Å². The van der Waals surface area contributed by atoms with Gasteiger partial charge in [-0.15, -0.1) is 0 Å². The normalized spacial score (nSPS) is 29.1. The van der Waals surface area contributed by atoms with Crippen LogP contribution in [0.2, 0.25) is 0 Å². The van der Waals surface area contributed by atoms with Gasteiger partial charge in [-0.3, -0.25) is 19.3 Å². The zero-order valence-corrected chi connectivity index (χ0v) is 24.1. The van der Waals surface area contributed by atoms with Crippen molar-refractivity contribution in [2.24, 2.45) is 0 Å². The molecule has 0 unspecified atom stereocenters. The van der Waals surface area contributed by atoms with Crippen molar-refractivity contribution in [1.29, 1.82) is 0 Å². The van der Waals surface area contributed by atoms with Crippen LogP contribution in [0.1, 0.15) is 150 Å². The van der Waals surface area contributed by atoms with Gasteiger partial charge in [0.1, 0.15) is 17.3 Å². The van der Waals surface area contributed by atoms with Crippen LogP contribution in [0.3, 0.4) is 0 Å². The molecule has 206 valence electrons. The Labute approximate surface area is 220 Å². The van der Waals surface area contributed by atoms with Gasteiger partial charge in [0, 0.05) is 60.7 Å². The van der Waals surface area contributed by atoms with Crippen molar-refractivity contribution in [3.05, 3.63) is 0 Å². The molecule has 2 aliphatic heterocycles. The van der Waals surface area contributed by atoms with Gasteiger partial charge in [-0.05, 0) is 73.3 Å². The van der Waals surface area contributed by atoms with E-state index in [9.17, 15) is 14.4 Å². The second-order valence-corrected chi connectivity index (χ2v) is 13.9. The van der Waals surface area contributed by atoms with Gasteiger partial charge in [0.15, 0.2) is 0 Å². The van der Waals surface area contributed by atoms with E-state index in [1.807, 2.05) is 0 Å². The molecule has 0 amide bonds. The predicted molar refractivity (Wildman–Crippen MR) is 147 cm³/mol. The Morgan fingerprint density at radius 1 is 0.528 bits per heavy atom. The number of rotatable bonds is 0. The molecule has 5 fully saturated rings. The van der Waals surface area contributed by atoms with Crippen LogP contribution in [-0.2, 0) is 14.4 Å². The molecule has 0 aromatic carbocycles. The number of hydrogen-bond donors (Lipinski definition) is 1. The van der Waals surface area contributed by atoms with Crippen molar-refractivity contribution in [1.82, 2.24) is 10.2 Å². The third-order valence-electron chi connectivity index (χ3n) is 9.71. The maximum Gasteiger partial charge on any atom is 0.136 e. The highest BCUT2D eigenvalue weighted by atomic mass is 16.1. The van der Waals surface area contributed by atoms with Gasteiger partial charge in [0.2, 0.25) is 0 Å². The van der Waals surface area contributed by atoms with Crippen LogP contribution in [0.15, 0.2) is 0 Å². The first-order valence-corrected chi connectivity index (χ1v) is 15.0. The van der Waals surface area contributed by atoms with Crippen LogP contribution in [0.25, 0.3) is 0 Å². The van der Waals surface area contributed by atoms with Gasteiger partial charge in [-0.25, -0.2) is 0 Å². The molecule has 2 spiro atoms. The highest BCUT2D eigenvalue weighted by molar-refractivity contribution is 5.82. The minimum Gasteiger partial charge on any atom is -0.305 e. The van der Waals surface area contributed by atoms with Crippen LogP contribution in [0.4, 0.5) is 0 Å². The van der Waals surface area contributed by atoms with Crippen molar-refractivity contribution in [3.8, 4) is 0 Å². The van der Waals surface area contributed by atoms with E-state index in [-0.39, 0.29) is 22.2 Å². The summed E-state index contributed by atoms with van der Waals surface area (Å²) in [6.45, 7) is 8.52. The molecule has 5 nitrogen and oxygen atoms in total. The lowest BCUT2D eigenvalue weighted by Gasteiger charge is -2.52. The number of piperidine rings is 2. The zero-order valence-electron chi connectivity index (χ0n) is 24.1. The minimum atomic E-state index is 0.0266. The Hall–Kier alpha value is -1.07. The van der Waals surface area contributed by atoms with E-state index in [0.29, 0.717) is 30.2 Å². The second kappa shape index (κ2) is 12.2. The first-order chi connectivity index (χ1) is 16.9. The number of likely N-dealkylation sites (tertiary alicyclic amines) is 1. The molecule has 0 bridgehead atoms. The summed E-state index contributed by atoms with van der Waals surface area (Å²) in [4.78, 5) is 36.4. The highest BCUT2D eigenvalue weighted by Crippen LogP contribution is 2.43. The van der Waals surface area contributed by atoms with Crippen LogP contribution in [0, 0.1) is 0 Å². The zero-order chi connectivity index (χ0) is 26.5. The quantitative estimate of drug-likeness (QED) is 0.399. The van der Waals surface area contributed by atoms with E-state index in [1.165, 1.54) is 70.6 Å². The molecule has 0 atom stereocenters. The molecule has 5 aliphatic rings. The van der Waals surface area contributed by atoms with Gasteiger partial charge in [0.25, 0.3) is 0 Å². The third kappa shape index (κ3) is 7.96. The fourth-order valence-corrected chi connectivity index (χ4v) is 7.56. The van der Waals surface area contributed by atoms with Crippen LogP contribution >= 0.6 is 0 Å². The summed E-state index contributed by atoms with van der Waals surface area (Å²) in [5.41, 5.74) is 0.452. The fraction of sp³-hybridized carbons (Fsp3) is 0.903. The molecule has 2 saturated heterocycles. The number of Topliss-reactive ketones (excluding diaryl/α,β-unsaturated/α-hetero) is 3. The average Bonchev–Trinajstić information content (AvgIpc) is 2.78. The standard InChI is InChI=1S/C15H25NO.C10H19NO.C6H10O/c17-13-11-14(7-3-1-4-8-14)16-15(12-13)9-5-2-6-10-15;1-9(2)6-8(12)7-10(3,4)11(9)5;7-6-4-2-1-3-5-6/h16H,1-12H2;6-7H2,1-5H3;1-5H2. The summed E-state index contributed by atoms with van der Waals surface area (Å²) in [7, 11) is 2.10. The van der Waals surface area contributed by atoms with E-state index in [2.05, 4.69) is 45.0 Å². The van der Waals surface area contributed by atoms with Gasteiger partial charge >= 0.3 is 0 Å². The molecule has 2 heterocycles. The van der Waals surface area contributed by atoms with Gasteiger partial charge in [-0.1, -0.05) is 44.9 Å². The molecule has 3 saturated carbocycles. The lowest BCUT2D eigenvalue weighted by molar-refractivity contribution is -0.131. The first-order valence-electron chi connectivity index (χ1n) is 15.0. The molecule has 0 aromatic rings. The Morgan fingerprint density at radius 2 is 0.889 bits per heavy atom. The Balaban J connectivity index is 0.000000165. The molecule has 36 heavy (non-hydrogen) atoms. The molecule has 0 radical (unpaired) electrons. The Morgan fingerprint density at radius 3 is 1.25 bits per heavy atom. The number of ketones is 3. The van der Waals surface area contributed by atoms with Gasteiger partial charge in [-0.2, -0.15) is 0 Å². The molecule has 5 rings (SSSR count). The molecular formula is C31H54N2O3.